The zero-order valence-electron chi connectivity index (χ0n) is 9.87. The molecule has 0 spiro atoms. The average molecular weight is 222 g/mol. The molecule has 4 N–H and O–H groups in total. The SMILES string of the molecule is CC(C)(C)NC(=O)CNc1ccnc(N)c1. The summed E-state index contributed by atoms with van der Waals surface area (Å²) in [5.41, 5.74) is 6.09. The van der Waals surface area contributed by atoms with E-state index in [9.17, 15) is 4.79 Å². The van der Waals surface area contributed by atoms with Gasteiger partial charge in [0, 0.05) is 23.5 Å². The van der Waals surface area contributed by atoms with Crippen molar-refractivity contribution >= 4 is 17.4 Å². The molecule has 1 aromatic heterocycles. The Kier molecular flexibility index (Phi) is 3.71. The summed E-state index contributed by atoms with van der Waals surface area (Å²) in [7, 11) is 0. The summed E-state index contributed by atoms with van der Waals surface area (Å²) in [5.74, 6) is 0.379. The van der Waals surface area contributed by atoms with Crippen LogP contribution in [-0.4, -0.2) is 23.0 Å². The molecule has 16 heavy (non-hydrogen) atoms. The minimum Gasteiger partial charge on any atom is -0.384 e. The van der Waals surface area contributed by atoms with E-state index >= 15 is 0 Å². The highest BCUT2D eigenvalue weighted by Gasteiger charge is 2.12. The van der Waals surface area contributed by atoms with Gasteiger partial charge < -0.3 is 16.4 Å². The van der Waals surface area contributed by atoms with Gasteiger partial charge in [0.1, 0.15) is 5.82 Å². The minimum absolute atomic E-state index is 0.0529. The molecule has 0 aliphatic carbocycles. The van der Waals surface area contributed by atoms with Gasteiger partial charge in [0.15, 0.2) is 0 Å². The van der Waals surface area contributed by atoms with E-state index in [1.54, 1.807) is 18.3 Å². The van der Waals surface area contributed by atoms with Gasteiger partial charge in [0.25, 0.3) is 0 Å². The van der Waals surface area contributed by atoms with Crippen LogP contribution in [0.2, 0.25) is 0 Å². The molecule has 1 aromatic rings. The van der Waals surface area contributed by atoms with Gasteiger partial charge in [-0.05, 0) is 26.8 Å². The van der Waals surface area contributed by atoms with Gasteiger partial charge in [0.05, 0.1) is 6.54 Å². The van der Waals surface area contributed by atoms with Crippen LogP contribution in [0, 0.1) is 0 Å². The number of aromatic nitrogens is 1. The Hall–Kier alpha value is -1.78. The normalized spacial score (nSPS) is 10.9. The van der Waals surface area contributed by atoms with Gasteiger partial charge in [-0.15, -0.1) is 0 Å². The summed E-state index contributed by atoms with van der Waals surface area (Å²) < 4.78 is 0. The summed E-state index contributed by atoms with van der Waals surface area (Å²) in [6.45, 7) is 6.04. The molecule has 0 saturated heterocycles. The van der Waals surface area contributed by atoms with E-state index < -0.39 is 0 Å². The lowest BCUT2D eigenvalue weighted by Crippen LogP contribution is -2.43. The largest absolute Gasteiger partial charge is 0.384 e. The number of nitrogen functional groups attached to an aromatic ring is 1. The lowest BCUT2D eigenvalue weighted by Gasteiger charge is -2.20. The third-order valence-corrected chi connectivity index (χ3v) is 1.75. The zero-order chi connectivity index (χ0) is 12.2. The van der Waals surface area contributed by atoms with Crippen molar-refractivity contribution in [2.24, 2.45) is 0 Å². The van der Waals surface area contributed by atoms with Gasteiger partial charge in [0.2, 0.25) is 5.91 Å². The lowest BCUT2D eigenvalue weighted by atomic mass is 10.1. The Balaban J connectivity index is 2.43. The number of hydrogen-bond donors (Lipinski definition) is 3. The zero-order valence-corrected chi connectivity index (χ0v) is 9.87. The van der Waals surface area contributed by atoms with E-state index in [0.29, 0.717) is 5.82 Å². The van der Waals surface area contributed by atoms with E-state index in [0.717, 1.165) is 5.69 Å². The molecule has 88 valence electrons. The third-order valence-electron chi connectivity index (χ3n) is 1.75. The van der Waals surface area contributed by atoms with Gasteiger partial charge in [-0.3, -0.25) is 4.79 Å². The van der Waals surface area contributed by atoms with Crippen LogP contribution in [0.4, 0.5) is 11.5 Å². The summed E-state index contributed by atoms with van der Waals surface area (Å²) in [4.78, 5) is 15.4. The Labute approximate surface area is 95.4 Å². The average Bonchev–Trinajstić information content (AvgIpc) is 2.12. The molecule has 0 fully saturated rings. The number of nitrogens with zero attached hydrogens (tertiary/aromatic N) is 1. The maximum absolute atomic E-state index is 11.5. The highest BCUT2D eigenvalue weighted by molar-refractivity contribution is 5.81. The van der Waals surface area contributed by atoms with E-state index in [4.69, 9.17) is 5.73 Å². The maximum atomic E-state index is 11.5. The predicted molar refractivity (Wildman–Crippen MR) is 65.0 cm³/mol. The van der Waals surface area contributed by atoms with Crippen molar-refractivity contribution in [2.75, 3.05) is 17.6 Å². The van der Waals surface area contributed by atoms with Crippen LogP contribution in [0.3, 0.4) is 0 Å². The molecule has 5 nitrogen and oxygen atoms in total. The van der Waals surface area contributed by atoms with Crippen molar-refractivity contribution < 1.29 is 4.79 Å². The van der Waals surface area contributed by atoms with Crippen molar-refractivity contribution in [3.05, 3.63) is 18.3 Å². The number of amides is 1. The summed E-state index contributed by atoms with van der Waals surface area (Å²) in [5, 5.41) is 5.83. The first-order chi connectivity index (χ1) is 7.37. The van der Waals surface area contributed by atoms with Crippen molar-refractivity contribution in [1.29, 1.82) is 0 Å². The Morgan fingerprint density at radius 1 is 1.50 bits per heavy atom. The minimum atomic E-state index is -0.212. The molecule has 0 aliphatic rings. The molecular weight excluding hydrogens is 204 g/mol. The van der Waals surface area contributed by atoms with Crippen molar-refractivity contribution in [3.8, 4) is 0 Å². The fourth-order valence-corrected chi connectivity index (χ4v) is 1.20. The van der Waals surface area contributed by atoms with Crippen LogP contribution < -0.4 is 16.4 Å². The van der Waals surface area contributed by atoms with Gasteiger partial charge >= 0.3 is 0 Å². The predicted octanol–water partition coefficient (Wildman–Crippen LogP) is 0.990. The van der Waals surface area contributed by atoms with E-state index in [1.807, 2.05) is 20.8 Å². The Morgan fingerprint density at radius 2 is 2.19 bits per heavy atom. The number of rotatable bonds is 3. The first-order valence-electron chi connectivity index (χ1n) is 5.13. The number of hydrogen-bond acceptors (Lipinski definition) is 4. The smallest absolute Gasteiger partial charge is 0.239 e. The van der Waals surface area contributed by atoms with Crippen molar-refractivity contribution in [1.82, 2.24) is 10.3 Å². The van der Waals surface area contributed by atoms with Crippen LogP contribution in [-0.2, 0) is 4.79 Å². The molecule has 0 aromatic carbocycles. The molecule has 0 saturated carbocycles. The quantitative estimate of drug-likeness (QED) is 0.712. The summed E-state index contributed by atoms with van der Waals surface area (Å²) >= 11 is 0. The van der Waals surface area contributed by atoms with Gasteiger partial charge in [-0.1, -0.05) is 0 Å². The molecule has 0 atom stereocenters. The van der Waals surface area contributed by atoms with Crippen LogP contribution in [0.15, 0.2) is 18.3 Å². The molecule has 0 radical (unpaired) electrons. The molecular formula is C11H18N4O. The molecule has 5 heteroatoms. The molecule has 1 amide bonds. The highest BCUT2D eigenvalue weighted by atomic mass is 16.2. The van der Waals surface area contributed by atoms with Crippen LogP contribution in [0.5, 0.6) is 0 Å². The number of pyridine rings is 1. The topological polar surface area (TPSA) is 80.0 Å². The molecule has 1 rings (SSSR count). The maximum Gasteiger partial charge on any atom is 0.239 e. The highest BCUT2D eigenvalue weighted by Crippen LogP contribution is 2.08. The number of nitrogens with one attached hydrogen (secondary N) is 2. The first-order valence-corrected chi connectivity index (χ1v) is 5.13. The van der Waals surface area contributed by atoms with E-state index in [2.05, 4.69) is 15.6 Å². The monoisotopic (exact) mass is 222 g/mol. The fourth-order valence-electron chi connectivity index (χ4n) is 1.20. The first kappa shape index (κ1) is 12.3. The Morgan fingerprint density at radius 3 is 2.75 bits per heavy atom. The second-order valence-corrected chi connectivity index (χ2v) is 4.62. The van der Waals surface area contributed by atoms with E-state index in [-0.39, 0.29) is 18.0 Å². The number of carbonyl (C=O) groups is 1. The van der Waals surface area contributed by atoms with E-state index in [1.165, 1.54) is 0 Å². The molecule has 1 heterocycles. The van der Waals surface area contributed by atoms with Crippen LogP contribution >= 0.6 is 0 Å². The van der Waals surface area contributed by atoms with Gasteiger partial charge in [-0.2, -0.15) is 0 Å². The van der Waals surface area contributed by atoms with Gasteiger partial charge in [-0.25, -0.2) is 4.98 Å². The molecule has 0 aliphatic heterocycles. The molecule has 0 bridgehead atoms. The number of carbonyl (C=O) groups excluding carboxylic acids is 1. The third kappa shape index (κ3) is 4.63. The van der Waals surface area contributed by atoms with Crippen molar-refractivity contribution in [3.63, 3.8) is 0 Å². The summed E-state index contributed by atoms with van der Waals surface area (Å²) in [6.07, 6.45) is 1.60. The lowest BCUT2D eigenvalue weighted by molar-refractivity contribution is -0.120. The summed E-state index contributed by atoms with van der Waals surface area (Å²) in [6, 6.07) is 3.45. The van der Waals surface area contributed by atoms with Crippen molar-refractivity contribution in [2.45, 2.75) is 26.3 Å². The fraction of sp³-hybridized carbons (Fsp3) is 0.455. The number of nitrogens with two attached hydrogens (primary N) is 1. The second-order valence-electron chi connectivity index (χ2n) is 4.62. The number of anilines is 2. The molecule has 0 unspecified atom stereocenters. The van der Waals surface area contributed by atoms with Crippen LogP contribution in [0.25, 0.3) is 0 Å². The second kappa shape index (κ2) is 4.83. The Bertz CT molecular complexity index is 370. The van der Waals surface area contributed by atoms with Crippen LogP contribution in [0.1, 0.15) is 20.8 Å². The standard InChI is InChI=1S/C11H18N4O/c1-11(2,3)15-10(16)7-14-8-4-5-13-9(12)6-8/h4-6H,7H2,1-3H3,(H,15,16)(H3,12,13,14).